The molecule has 2 aromatic heterocycles. The van der Waals surface area contributed by atoms with Gasteiger partial charge in [-0.2, -0.15) is 5.10 Å². The summed E-state index contributed by atoms with van der Waals surface area (Å²) < 4.78 is 0. The van der Waals surface area contributed by atoms with Crippen molar-refractivity contribution in [1.82, 2.24) is 20.1 Å². The predicted octanol–water partition coefficient (Wildman–Crippen LogP) is 3.30. The van der Waals surface area contributed by atoms with Gasteiger partial charge in [0, 0.05) is 35.6 Å². The molecule has 1 atom stereocenters. The van der Waals surface area contributed by atoms with Gasteiger partial charge >= 0.3 is 0 Å². The minimum atomic E-state index is -0.198. The number of carbonyl (C=O) groups excluding carboxylic acids is 1. The number of nitrogens with zero attached hydrogens (tertiary/aromatic N) is 3. The Hall–Kier alpha value is -2.66. The van der Waals surface area contributed by atoms with E-state index < -0.39 is 0 Å². The fourth-order valence-electron chi connectivity index (χ4n) is 3.02. The Bertz CT molecular complexity index is 873. The topological polar surface area (TPSA) is 61.9 Å². The first-order valence-electron chi connectivity index (χ1n) is 7.18. The molecule has 1 N–H and O–H groups in total. The molecule has 6 heteroatoms. The van der Waals surface area contributed by atoms with E-state index in [1.165, 1.54) is 0 Å². The van der Waals surface area contributed by atoms with E-state index in [2.05, 4.69) is 15.2 Å². The summed E-state index contributed by atoms with van der Waals surface area (Å²) in [5.74, 6) is -0.0680. The van der Waals surface area contributed by atoms with Gasteiger partial charge in [0.15, 0.2) is 0 Å². The minimum absolute atomic E-state index is 0.0680. The third-order valence-electron chi connectivity index (χ3n) is 4.12. The molecule has 0 aliphatic carbocycles. The number of hydrogen-bond acceptors (Lipinski definition) is 3. The molecule has 23 heavy (non-hydrogen) atoms. The Kier molecular flexibility index (Phi) is 3.16. The van der Waals surface area contributed by atoms with E-state index in [4.69, 9.17) is 11.6 Å². The molecule has 0 bridgehead atoms. The summed E-state index contributed by atoms with van der Waals surface area (Å²) in [4.78, 5) is 18.4. The highest BCUT2D eigenvalue weighted by Crippen LogP contribution is 2.41. The van der Waals surface area contributed by atoms with Crippen LogP contribution in [0.15, 0.2) is 48.8 Å². The lowest BCUT2D eigenvalue weighted by Gasteiger charge is -2.21. The predicted molar refractivity (Wildman–Crippen MR) is 87.2 cm³/mol. The zero-order valence-corrected chi connectivity index (χ0v) is 13.1. The summed E-state index contributed by atoms with van der Waals surface area (Å²) >= 11 is 5.96. The molecule has 0 spiro atoms. The van der Waals surface area contributed by atoms with Gasteiger partial charge in [0.2, 0.25) is 0 Å². The third kappa shape index (κ3) is 2.12. The van der Waals surface area contributed by atoms with Gasteiger partial charge in [0.05, 0.1) is 11.7 Å². The lowest BCUT2D eigenvalue weighted by atomic mass is 9.97. The number of H-pyrrole nitrogens is 1. The van der Waals surface area contributed by atoms with E-state index >= 15 is 0 Å². The monoisotopic (exact) mass is 324 g/mol. The number of hydrogen-bond donors (Lipinski definition) is 1. The van der Waals surface area contributed by atoms with Crippen molar-refractivity contribution >= 4 is 17.5 Å². The standard InChI is InChI=1S/C17H13ClN4O/c1-22-16(11-3-2-8-19-9-11)13-14(20-21-15(13)17(22)23)10-4-6-12(18)7-5-10/h2-9,16H,1H3,(H,20,21)/t16-/m1/s1. The molecule has 1 aliphatic rings. The minimum Gasteiger partial charge on any atom is -0.329 e. The third-order valence-corrected chi connectivity index (χ3v) is 4.37. The molecule has 0 saturated carbocycles. The first-order valence-corrected chi connectivity index (χ1v) is 7.56. The van der Waals surface area contributed by atoms with Gasteiger partial charge in [-0.1, -0.05) is 29.8 Å². The molecular weight excluding hydrogens is 312 g/mol. The number of benzene rings is 1. The molecule has 0 saturated heterocycles. The fourth-order valence-corrected chi connectivity index (χ4v) is 3.15. The summed E-state index contributed by atoms with van der Waals surface area (Å²) in [7, 11) is 1.79. The average Bonchev–Trinajstić information content (AvgIpc) is 3.10. The van der Waals surface area contributed by atoms with Crippen molar-refractivity contribution < 1.29 is 4.79 Å². The highest BCUT2D eigenvalue weighted by Gasteiger charge is 2.40. The van der Waals surface area contributed by atoms with Crippen LogP contribution in [0, 0.1) is 0 Å². The van der Waals surface area contributed by atoms with Crippen molar-refractivity contribution in [2.45, 2.75) is 6.04 Å². The second kappa shape index (κ2) is 5.21. The van der Waals surface area contributed by atoms with Crippen LogP contribution in [0.3, 0.4) is 0 Å². The number of rotatable bonds is 2. The molecule has 114 valence electrons. The maximum Gasteiger partial charge on any atom is 0.272 e. The van der Waals surface area contributed by atoms with Gasteiger partial charge < -0.3 is 4.90 Å². The summed E-state index contributed by atoms with van der Waals surface area (Å²) in [6.45, 7) is 0. The van der Waals surface area contributed by atoms with Crippen molar-refractivity contribution in [2.75, 3.05) is 7.05 Å². The zero-order chi connectivity index (χ0) is 16.0. The Balaban J connectivity index is 1.90. The van der Waals surface area contributed by atoms with Gasteiger partial charge in [0.1, 0.15) is 5.69 Å². The van der Waals surface area contributed by atoms with Crippen molar-refractivity contribution in [1.29, 1.82) is 0 Å². The van der Waals surface area contributed by atoms with E-state index in [1.807, 2.05) is 36.4 Å². The van der Waals surface area contributed by atoms with Crippen molar-refractivity contribution in [2.24, 2.45) is 0 Å². The summed E-state index contributed by atoms with van der Waals surface area (Å²) in [5, 5.41) is 7.91. The number of aromatic nitrogens is 3. The van der Waals surface area contributed by atoms with Gasteiger partial charge in [-0.15, -0.1) is 0 Å². The summed E-state index contributed by atoms with van der Waals surface area (Å²) in [6.07, 6.45) is 3.50. The second-order valence-corrected chi connectivity index (χ2v) is 5.91. The van der Waals surface area contributed by atoms with Gasteiger partial charge in [-0.3, -0.25) is 14.9 Å². The average molecular weight is 325 g/mol. The largest absolute Gasteiger partial charge is 0.329 e. The van der Waals surface area contributed by atoms with Crippen molar-refractivity contribution in [3.63, 3.8) is 0 Å². The molecule has 0 radical (unpaired) electrons. The highest BCUT2D eigenvalue weighted by molar-refractivity contribution is 6.30. The lowest BCUT2D eigenvalue weighted by Crippen LogP contribution is -2.24. The number of nitrogens with one attached hydrogen (secondary N) is 1. The number of pyridine rings is 1. The Morgan fingerprint density at radius 3 is 2.70 bits per heavy atom. The van der Waals surface area contributed by atoms with Crippen LogP contribution in [-0.2, 0) is 0 Å². The molecule has 0 fully saturated rings. The molecule has 0 unspecified atom stereocenters. The molecule has 5 nitrogen and oxygen atoms in total. The number of aromatic amines is 1. The second-order valence-electron chi connectivity index (χ2n) is 5.47. The molecule has 1 aromatic carbocycles. The highest BCUT2D eigenvalue weighted by atomic mass is 35.5. The SMILES string of the molecule is CN1C(=O)c2[nH]nc(-c3ccc(Cl)cc3)c2[C@H]1c1cccnc1. The summed E-state index contributed by atoms with van der Waals surface area (Å²) in [6, 6.07) is 11.1. The smallest absolute Gasteiger partial charge is 0.272 e. The van der Waals surface area contributed by atoms with Crippen LogP contribution in [0.1, 0.15) is 27.7 Å². The lowest BCUT2D eigenvalue weighted by molar-refractivity contribution is 0.0787. The molecule has 3 aromatic rings. The summed E-state index contributed by atoms with van der Waals surface area (Å²) in [5.41, 5.74) is 4.06. The molecule has 4 rings (SSSR count). The molecular formula is C17H13ClN4O. The van der Waals surface area contributed by atoms with Crippen molar-refractivity contribution in [3.05, 3.63) is 70.6 Å². The number of fused-ring (bicyclic) bond motifs is 1. The fraction of sp³-hybridized carbons (Fsp3) is 0.118. The van der Waals surface area contributed by atoms with Crippen LogP contribution >= 0.6 is 11.6 Å². The van der Waals surface area contributed by atoms with Crippen LogP contribution in [-0.4, -0.2) is 33.0 Å². The number of halogens is 1. The van der Waals surface area contributed by atoms with E-state index in [9.17, 15) is 4.79 Å². The zero-order valence-electron chi connectivity index (χ0n) is 12.3. The quantitative estimate of drug-likeness (QED) is 0.786. The molecule has 1 amide bonds. The Labute approximate surface area is 137 Å². The first-order chi connectivity index (χ1) is 11.2. The van der Waals surface area contributed by atoms with Gasteiger partial charge in [-0.05, 0) is 23.8 Å². The van der Waals surface area contributed by atoms with Crippen molar-refractivity contribution in [3.8, 4) is 11.3 Å². The van der Waals surface area contributed by atoms with E-state index in [0.717, 1.165) is 22.4 Å². The van der Waals surface area contributed by atoms with E-state index in [1.54, 1.807) is 24.3 Å². The maximum atomic E-state index is 12.5. The molecule has 1 aliphatic heterocycles. The Morgan fingerprint density at radius 2 is 2.00 bits per heavy atom. The Morgan fingerprint density at radius 1 is 1.22 bits per heavy atom. The maximum absolute atomic E-state index is 12.5. The van der Waals surface area contributed by atoms with Crippen LogP contribution < -0.4 is 0 Å². The first kappa shape index (κ1) is 14.0. The van der Waals surface area contributed by atoms with Crippen LogP contribution in [0.25, 0.3) is 11.3 Å². The normalized spacial score (nSPS) is 16.7. The van der Waals surface area contributed by atoms with E-state index in [0.29, 0.717) is 10.7 Å². The van der Waals surface area contributed by atoms with E-state index in [-0.39, 0.29) is 11.9 Å². The van der Waals surface area contributed by atoms with Crippen LogP contribution in [0.2, 0.25) is 5.02 Å². The van der Waals surface area contributed by atoms with Crippen LogP contribution in [0.5, 0.6) is 0 Å². The number of amides is 1. The van der Waals surface area contributed by atoms with Gasteiger partial charge in [0.25, 0.3) is 5.91 Å². The molecule has 3 heterocycles. The number of carbonyl (C=O) groups is 1. The van der Waals surface area contributed by atoms with Gasteiger partial charge in [-0.25, -0.2) is 0 Å². The van der Waals surface area contributed by atoms with Crippen LogP contribution in [0.4, 0.5) is 0 Å².